The van der Waals surface area contributed by atoms with Crippen LogP contribution in [0.5, 0.6) is 0 Å². The van der Waals surface area contributed by atoms with E-state index in [9.17, 15) is 19.1 Å². The molecule has 0 spiro atoms. The monoisotopic (exact) mass is 412 g/mol. The Morgan fingerprint density at radius 1 is 1.10 bits per heavy atom. The van der Waals surface area contributed by atoms with Crippen LogP contribution in [0.1, 0.15) is 43.2 Å². The fourth-order valence-corrected chi connectivity index (χ4v) is 4.28. The van der Waals surface area contributed by atoms with Crippen LogP contribution in [0.25, 0.3) is 0 Å². The van der Waals surface area contributed by atoms with Gasteiger partial charge >= 0.3 is 12.0 Å². The zero-order valence-corrected chi connectivity index (χ0v) is 17.1. The number of carboxylic acids is 1. The Labute approximate surface area is 176 Å². The van der Waals surface area contributed by atoms with Crippen LogP contribution >= 0.6 is 0 Å². The minimum atomic E-state index is -0.862. The highest BCUT2D eigenvalue weighted by Gasteiger charge is 2.38. The second-order valence-electron chi connectivity index (χ2n) is 8.03. The lowest BCUT2D eigenvalue weighted by molar-refractivity contribution is -0.137. The predicted octanol–water partition coefficient (Wildman–Crippen LogP) is 4.37. The van der Waals surface area contributed by atoms with Gasteiger partial charge in [-0.2, -0.15) is 0 Å². The Kier molecular flexibility index (Phi) is 7.44. The SMILES string of the molecule is O=C(O)CCC1(c2ccc(F)cc2)CCCN(C(=O)NCCCc2ccccc2)C1. The van der Waals surface area contributed by atoms with Crippen LogP contribution in [0, 0.1) is 5.82 Å². The average Bonchev–Trinajstić information content (AvgIpc) is 2.76. The summed E-state index contributed by atoms with van der Waals surface area (Å²) in [5.74, 6) is -1.19. The Hall–Kier alpha value is -2.89. The number of benzene rings is 2. The Morgan fingerprint density at radius 3 is 2.53 bits per heavy atom. The Balaban J connectivity index is 1.61. The molecule has 0 bridgehead atoms. The smallest absolute Gasteiger partial charge is 0.317 e. The molecule has 0 aromatic heterocycles. The van der Waals surface area contributed by atoms with E-state index >= 15 is 0 Å². The summed E-state index contributed by atoms with van der Waals surface area (Å²) in [7, 11) is 0. The molecular formula is C24H29FN2O3. The van der Waals surface area contributed by atoms with E-state index in [2.05, 4.69) is 17.4 Å². The maximum Gasteiger partial charge on any atom is 0.317 e. The number of hydrogen-bond donors (Lipinski definition) is 2. The van der Waals surface area contributed by atoms with Crippen LogP contribution in [-0.4, -0.2) is 41.6 Å². The molecule has 2 aromatic rings. The second kappa shape index (κ2) is 10.2. The van der Waals surface area contributed by atoms with Crippen molar-refractivity contribution in [2.24, 2.45) is 0 Å². The molecule has 2 amide bonds. The minimum absolute atomic E-state index is 0.0178. The number of halogens is 1. The second-order valence-corrected chi connectivity index (χ2v) is 8.03. The van der Waals surface area contributed by atoms with Crippen LogP contribution in [0.2, 0.25) is 0 Å². The van der Waals surface area contributed by atoms with Gasteiger partial charge in [-0.3, -0.25) is 4.79 Å². The third-order valence-corrected chi connectivity index (χ3v) is 5.90. The maximum atomic E-state index is 13.4. The fraction of sp³-hybridized carbons (Fsp3) is 0.417. The summed E-state index contributed by atoms with van der Waals surface area (Å²) >= 11 is 0. The van der Waals surface area contributed by atoms with Crippen LogP contribution < -0.4 is 5.32 Å². The molecule has 1 fully saturated rings. The molecule has 0 saturated carbocycles. The summed E-state index contributed by atoms with van der Waals surface area (Å²) < 4.78 is 13.4. The van der Waals surface area contributed by atoms with E-state index in [1.54, 1.807) is 17.0 Å². The van der Waals surface area contributed by atoms with Gasteiger partial charge in [-0.25, -0.2) is 9.18 Å². The lowest BCUT2D eigenvalue weighted by Gasteiger charge is -2.43. The summed E-state index contributed by atoms with van der Waals surface area (Å²) in [5.41, 5.74) is 1.67. The molecule has 1 unspecified atom stereocenters. The summed E-state index contributed by atoms with van der Waals surface area (Å²) in [6, 6.07) is 16.3. The fourth-order valence-electron chi connectivity index (χ4n) is 4.28. The van der Waals surface area contributed by atoms with Gasteiger partial charge in [0.2, 0.25) is 0 Å². The molecule has 1 atom stereocenters. The average molecular weight is 413 g/mol. The van der Waals surface area contributed by atoms with Gasteiger partial charge in [0.1, 0.15) is 5.82 Å². The molecule has 0 radical (unpaired) electrons. The van der Waals surface area contributed by atoms with E-state index in [0.717, 1.165) is 31.2 Å². The molecule has 1 heterocycles. The third-order valence-electron chi connectivity index (χ3n) is 5.90. The van der Waals surface area contributed by atoms with E-state index in [1.165, 1.54) is 17.7 Å². The third kappa shape index (κ3) is 5.81. The van der Waals surface area contributed by atoms with E-state index in [0.29, 0.717) is 26.1 Å². The van der Waals surface area contributed by atoms with Crippen molar-refractivity contribution >= 4 is 12.0 Å². The first-order chi connectivity index (χ1) is 14.5. The van der Waals surface area contributed by atoms with E-state index in [-0.39, 0.29) is 18.3 Å². The topological polar surface area (TPSA) is 69.6 Å². The number of amides is 2. The van der Waals surface area contributed by atoms with Crippen LogP contribution in [0.3, 0.4) is 0 Å². The molecule has 30 heavy (non-hydrogen) atoms. The number of urea groups is 1. The normalized spacial score (nSPS) is 18.8. The number of rotatable bonds is 8. The molecular weight excluding hydrogens is 383 g/mol. The van der Waals surface area contributed by atoms with Crippen molar-refractivity contribution in [3.8, 4) is 0 Å². The highest BCUT2D eigenvalue weighted by molar-refractivity contribution is 5.74. The predicted molar refractivity (Wildman–Crippen MR) is 114 cm³/mol. The molecule has 3 rings (SSSR count). The van der Waals surface area contributed by atoms with E-state index < -0.39 is 11.4 Å². The highest BCUT2D eigenvalue weighted by Crippen LogP contribution is 2.38. The molecule has 6 heteroatoms. The van der Waals surface area contributed by atoms with Crippen molar-refractivity contribution < 1.29 is 19.1 Å². The highest BCUT2D eigenvalue weighted by atomic mass is 19.1. The van der Waals surface area contributed by atoms with Crippen LogP contribution in [-0.2, 0) is 16.6 Å². The van der Waals surface area contributed by atoms with Gasteiger partial charge in [0, 0.05) is 31.5 Å². The van der Waals surface area contributed by atoms with Crippen LogP contribution in [0.4, 0.5) is 9.18 Å². The lowest BCUT2D eigenvalue weighted by atomic mass is 9.71. The van der Waals surface area contributed by atoms with Crippen molar-refractivity contribution in [3.05, 3.63) is 71.5 Å². The van der Waals surface area contributed by atoms with Gasteiger partial charge in [0.15, 0.2) is 0 Å². The minimum Gasteiger partial charge on any atom is -0.481 e. The molecule has 160 valence electrons. The largest absolute Gasteiger partial charge is 0.481 e. The zero-order valence-electron chi connectivity index (χ0n) is 17.1. The van der Waals surface area contributed by atoms with Gasteiger partial charge in [-0.05, 0) is 55.4 Å². The Bertz CT molecular complexity index is 841. The first-order valence-corrected chi connectivity index (χ1v) is 10.5. The van der Waals surface area contributed by atoms with Crippen molar-refractivity contribution in [1.29, 1.82) is 0 Å². The van der Waals surface area contributed by atoms with Gasteiger partial charge in [-0.15, -0.1) is 0 Å². The van der Waals surface area contributed by atoms with E-state index in [4.69, 9.17) is 0 Å². The van der Waals surface area contributed by atoms with Gasteiger partial charge in [0.25, 0.3) is 0 Å². The number of carboxylic acid groups (broad SMARTS) is 1. The molecule has 1 aliphatic heterocycles. The number of piperidine rings is 1. The first-order valence-electron chi connectivity index (χ1n) is 10.5. The molecule has 0 aliphatic carbocycles. The van der Waals surface area contributed by atoms with Gasteiger partial charge < -0.3 is 15.3 Å². The number of aryl methyl sites for hydroxylation is 1. The number of hydrogen-bond acceptors (Lipinski definition) is 2. The van der Waals surface area contributed by atoms with Gasteiger partial charge in [-0.1, -0.05) is 42.5 Å². The van der Waals surface area contributed by atoms with Gasteiger partial charge in [0.05, 0.1) is 0 Å². The summed E-state index contributed by atoms with van der Waals surface area (Å²) in [6.45, 7) is 1.67. The van der Waals surface area contributed by atoms with Crippen molar-refractivity contribution in [1.82, 2.24) is 10.2 Å². The van der Waals surface area contributed by atoms with Crippen molar-refractivity contribution in [3.63, 3.8) is 0 Å². The standard InChI is InChI=1S/C24H29FN2O3/c25-21-11-9-20(10-12-21)24(15-13-22(28)29)14-5-17-27(18-24)23(30)26-16-4-8-19-6-2-1-3-7-19/h1-3,6-7,9-12H,4-5,8,13-18H2,(H,26,30)(H,28,29). The first kappa shape index (κ1) is 21.8. The van der Waals surface area contributed by atoms with Crippen LogP contribution in [0.15, 0.2) is 54.6 Å². The molecule has 2 N–H and O–H groups in total. The summed E-state index contributed by atoms with van der Waals surface area (Å²) in [6.07, 6.45) is 3.76. The molecule has 1 saturated heterocycles. The number of carbonyl (C=O) groups is 2. The van der Waals surface area contributed by atoms with Crippen molar-refractivity contribution in [2.75, 3.05) is 19.6 Å². The quantitative estimate of drug-likeness (QED) is 0.633. The van der Waals surface area contributed by atoms with E-state index in [1.807, 2.05) is 18.2 Å². The molecule has 1 aliphatic rings. The molecule has 5 nitrogen and oxygen atoms in total. The number of nitrogens with one attached hydrogen (secondary N) is 1. The lowest BCUT2D eigenvalue weighted by Crippen LogP contribution is -2.52. The summed E-state index contributed by atoms with van der Waals surface area (Å²) in [4.78, 5) is 25.8. The summed E-state index contributed by atoms with van der Waals surface area (Å²) in [5, 5.41) is 12.2. The number of nitrogens with zero attached hydrogens (tertiary/aromatic N) is 1. The number of likely N-dealkylation sites (tertiary alicyclic amines) is 1. The number of carbonyl (C=O) groups excluding carboxylic acids is 1. The molecule has 2 aromatic carbocycles. The maximum absolute atomic E-state index is 13.4. The Morgan fingerprint density at radius 2 is 1.83 bits per heavy atom. The van der Waals surface area contributed by atoms with Crippen molar-refractivity contribution in [2.45, 2.75) is 43.9 Å². The number of aliphatic carboxylic acids is 1. The zero-order chi connectivity index (χ0) is 21.4.